The Kier molecular flexibility index (Phi) is 7.88. The van der Waals surface area contributed by atoms with Crippen molar-refractivity contribution < 1.29 is 9.13 Å². The first-order chi connectivity index (χ1) is 17.0. The van der Waals surface area contributed by atoms with E-state index in [1.165, 1.54) is 18.5 Å². The van der Waals surface area contributed by atoms with Crippen molar-refractivity contribution in [1.29, 1.82) is 0 Å². The summed E-state index contributed by atoms with van der Waals surface area (Å²) < 4.78 is 19.2. The van der Waals surface area contributed by atoms with Crippen molar-refractivity contribution in [3.63, 3.8) is 0 Å². The van der Waals surface area contributed by atoms with Gasteiger partial charge in [-0.1, -0.05) is 29.8 Å². The summed E-state index contributed by atoms with van der Waals surface area (Å²) >= 11 is 6.52. The van der Waals surface area contributed by atoms with Gasteiger partial charge >= 0.3 is 0 Å². The molecule has 8 heteroatoms. The van der Waals surface area contributed by atoms with E-state index in [4.69, 9.17) is 16.3 Å². The zero-order chi connectivity index (χ0) is 24.6. The Hall–Kier alpha value is -3.99. The van der Waals surface area contributed by atoms with Crippen LogP contribution in [0.1, 0.15) is 17.0 Å². The second-order valence-electron chi connectivity index (χ2n) is 7.93. The van der Waals surface area contributed by atoms with Crippen LogP contribution in [0.2, 0.25) is 5.02 Å². The molecule has 0 fully saturated rings. The van der Waals surface area contributed by atoms with Crippen LogP contribution in [0, 0.1) is 17.8 Å². The molecule has 0 amide bonds. The maximum Gasteiger partial charge on any atom is 0.148 e. The normalized spacial score (nSPS) is 10.5. The summed E-state index contributed by atoms with van der Waals surface area (Å²) in [5, 5.41) is 0.394. The molecule has 0 saturated carbocycles. The third kappa shape index (κ3) is 6.76. The molecule has 6 nitrogen and oxygen atoms in total. The van der Waals surface area contributed by atoms with Gasteiger partial charge in [-0.3, -0.25) is 4.90 Å². The predicted molar refractivity (Wildman–Crippen MR) is 135 cm³/mol. The highest BCUT2D eigenvalue weighted by Crippen LogP contribution is 2.32. The summed E-state index contributed by atoms with van der Waals surface area (Å²) in [4.78, 5) is 16.7. The molecule has 0 aliphatic carbocycles. The van der Waals surface area contributed by atoms with Crippen molar-refractivity contribution in [3.8, 4) is 17.7 Å². The predicted octanol–water partition coefficient (Wildman–Crippen LogP) is 5.45. The third-order valence-corrected chi connectivity index (χ3v) is 5.13. The van der Waals surface area contributed by atoms with Crippen molar-refractivity contribution in [2.45, 2.75) is 13.2 Å². The molecule has 35 heavy (non-hydrogen) atoms. The van der Waals surface area contributed by atoms with E-state index in [9.17, 15) is 4.39 Å². The second-order valence-corrected chi connectivity index (χ2v) is 8.33. The molecule has 0 aliphatic rings. The van der Waals surface area contributed by atoms with Crippen LogP contribution in [0.5, 0.6) is 5.75 Å². The first-order valence-corrected chi connectivity index (χ1v) is 11.2. The molecule has 4 rings (SSSR count). The standard InChI is InChI=1S/C27H23ClFN5O/c1-33(2)17-23-8-4-7-22(32-23)12-14-34(27-11-13-30-19-31-27)24-9-10-26(25(28)16-24)35-18-20-5-3-6-21(29)15-20/h3-11,13,15-16,19H,17-18H2,1-2H3. The Labute approximate surface area is 209 Å². The summed E-state index contributed by atoms with van der Waals surface area (Å²) in [6.45, 7) is 0.916. The van der Waals surface area contributed by atoms with Crippen LogP contribution >= 0.6 is 11.6 Å². The minimum absolute atomic E-state index is 0.196. The van der Waals surface area contributed by atoms with Crippen molar-refractivity contribution in [1.82, 2.24) is 19.9 Å². The smallest absolute Gasteiger partial charge is 0.148 e. The first kappa shape index (κ1) is 24.1. The maximum atomic E-state index is 13.4. The van der Waals surface area contributed by atoms with Crippen molar-refractivity contribution >= 4 is 23.1 Å². The lowest BCUT2D eigenvalue weighted by Gasteiger charge is -2.18. The number of nitrogens with zero attached hydrogens (tertiary/aromatic N) is 5. The fourth-order valence-corrected chi connectivity index (χ4v) is 3.51. The van der Waals surface area contributed by atoms with Gasteiger partial charge in [0.2, 0.25) is 0 Å². The Bertz CT molecular complexity index is 1350. The summed E-state index contributed by atoms with van der Waals surface area (Å²) in [5.41, 5.74) is 2.98. The summed E-state index contributed by atoms with van der Waals surface area (Å²) in [6, 6.07) is 22.2. The van der Waals surface area contributed by atoms with Crippen LogP contribution in [0.25, 0.3) is 0 Å². The number of anilines is 2. The number of hydrogen-bond donors (Lipinski definition) is 0. The van der Waals surface area contributed by atoms with Gasteiger partial charge in [0.05, 0.1) is 16.4 Å². The van der Waals surface area contributed by atoms with Crippen LogP contribution in [-0.4, -0.2) is 33.9 Å². The summed E-state index contributed by atoms with van der Waals surface area (Å²) in [5.74, 6) is 3.87. The van der Waals surface area contributed by atoms with Crippen LogP contribution in [-0.2, 0) is 13.2 Å². The number of aromatic nitrogens is 3. The molecule has 0 saturated heterocycles. The Morgan fingerprint density at radius 2 is 1.89 bits per heavy atom. The Morgan fingerprint density at radius 3 is 2.63 bits per heavy atom. The third-order valence-electron chi connectivity index (χ3n) is 4.83. The van der Waals surface area contributed by atoms with E-state index in [-0.39, 0.29) is 12.4 Å². The van der Waals surface area contributed by atoms with Gasteiger partial charge in [-0.15, -0.1) is 0 Å². The van der Waals surface area contributed by atoms with Crippen LogP contribution in [0.4, 0.5) is 15.9 Å². The zero-order valence-corrected chi connectivity index (χ0v) is 20.1. The average molecular weight is 488 g/mol. The first-order valence-electron chi connectivity index (χ1n) is 10.8. The molecule has 2 heterocycles. The van der Waals surface area contributed by atoms with Crippen molar-refractivity contribution in [3.05, 3.63) is 107 Å². The molecule has 176 valence electrons. The van der Waals surface area contributed by atoms with E-state index in [0.717, 1.165) is 12.2 Å². The minimum Gasteiger partial charge on any atom is -0.487 e. The number of benzene rings is 2. The summed E-state index contributed by atoms with van der Waals surface area (Å²) in [7, 11) is 3.98. The molecule has 2 aromatic heterocycles. The average Bonchev–Trinajstić information content (AvgIpc) is 2.84. The van der Waals surface area contributed by atoms with Gasteiger partial charge in [-0.25, -0.2) is 19.3 Å². The molecule has 0 spiro atoms. The molecule has 0 radical (unpaired) electrons. The highest BCUT2D eigenvalue weighted by molar-refractivity contribution is 6.32. The Balaban J connectivity index is 1.60. The monoisotopic (exact) mass is 487 g/mol. The van der Waals surface area contributed by atoms with Gasteiger partial charge in [0.25, 0.3) is 0 Å². The SMILES string of the molecule is CN(C)Cc1cccc(C#CN(c2ccc(OCc3cccc(F)c3)c(Cl)c2)c2ccncn2)n1. The van der Waals surface area contributed by atoms with Gasteiger partial charge in [0, 0.05) is 24.9 Å². The molecular weight excluding hydrogens is 465 g/mol. The highest BCUT2D eigenvalue weighted by atomic mass is 35.5. The lowest BCUT2D eigenvalue weighted by molar-refractivity contribution is 0.306. The van der Waals surface area contributed by atoms with E-state index in [0.29, 0.717) is 33.5 Å². The number of halogens is 2. The largest absolute Gasteiger partial charge is 0.487 e. The highest BCUT2D eigenvalue weighted by Gasteiger charge is 2.12. The quantitative estimate of drug-likeness (QED) is 0.255. The fraction of sp³-hybridized carbons (Fsp3) is 0.148. The van der Waals surface area contributed by atoms with E-state index in [2.05, 4.69) is 26.9 Å². The fourth-order valence-electron chi connectivity index (χ4n) is 3.28. The lowest BCUT2D eigenvalue weighted by atomic mass is 10.2. The van der Waals surface area contributed by atoms with E-state index in [1.54, 1.807) is 41.4 Å². The van der Waals surface area contributed by atoms with Crippen LogP contribution in [0.15, 0.2) is 79.3 Å². The molecule has 0 N–H and O–H groups in total. The minimum atomic E-state index is -0.312. The van der Waals surface area contributed by atoms with Gasteiger partial charge in [0.15, 0.2) is 0 Å². The van der Waals surface area contributed by atoms with E-state index in [1.807, 2.05) is 43.3 Å². The molecule has 0 aliphatic heterocycles. The molecular formula is C27H23ClFN5O. The number of hydrogen-bond acceptors (Lipinski definition) is 6. The zero-order valence-electron chi connectivity index (χ0n) is 19.3. The lowest BCUT2D eigenvalue weighted by Crippen LogP contribution is -2.12. The van der Waals surface area contributed by atoms with Crippen LogP contribution in [0.3, 0.4) is 0 Å². The van der Waals surface area contributed by atoms with Crippen LogP contribution < -0.4 is 9.64 Å². The van der Waals surface area contributed by atoms with Gasteiger partial charge in [0.1, 0.15) is 36.0 Å². The molecule has 0 atom stereocenters. The van der Waals surface area contributed by atoms with Gasteiger partial charge in [-0.2, -0.15) is 0 Å². The van der Waals surface area contributed by atoms with Crippen molar-refractivity contribution in [2.75, 3.05) is 19.0 Å². The van der Waals surface area contributed by atoms with Gasteiger partial charge < -0.3 is 9.64 Å². The van der Waals surface area contributed by atoms with Gasteiger partial charge in [-0.05, 0) is 68.0 Å². The number of rotatable bonds is 7. The summed E-state index contributed by atoms with van der Waals surface area (Å²) in [6.07, 6.45) is 3.10. The topological polar surface area (TPSA) is 54.4 Å². The number of ether oxygens (including phenoxy) is 1. The molecule has 4 aromatic rings. The molecule has 0 bridgehead atoms. The Morgan fingerprint density at radius 1 is 1.03 bits per heavy atom. The van der Waals surface area contributed by atoms with E-state index < -0.39 is 0 Å². The van der Waals surface area contributed by atoms with E-state index >= 15 is 0 Å². The maximum absolute atomic E-state index is 13.4. The number of pyridine rings is 1. The molecule has 2 aromatic carbocycles. The van der Waals surface area contributed by atoms with Crippen molar-refractivity contribution in [2.24, 2.45) is 0 Å². The molecule has 0 unspecified atom stereocenters. The second kappa shape index (κ2) is 11.4.